The van der Waals surface area contributed by atoms with Gasteiger partial charge in [-0.1, -0.05) is 30.3 Å². The molecule has 0 fully saturated rings. The van der Waals surface area contributed by atoms with Gasteiger partial charge in [-0.05, 0) is 6.92 Å². The second-order valence-corrected chi connectivity index (χ2v) is 7.96. The van der Waals surface area contributed by atoms with Gasteiger partial charge in [-0.25, -0.2) is 0 Å². The van der Waals surface area contributed by atoms with E-state index in [1.165, 1.54) is 9.80 Å². The molecule has 14 heteroatoms. The summed E-state index contributed by atoms with van der Waals surface area (Å²) in [7, 11) is 0. The molecule has 0 saturated carbocycles. The third-order valence-corrected chi connectivity index (χ3v) is 4.88. The maximum atomic E-state index is 12.6. The smallest absolute Gasteiger partial charge is 0.322 e. The van der Waals surface area contributed by atoms with Gasteiger partial charge in [-0.15, -0.1) is 0 Å². The number of carboxylic acid groups (broad SMARTS) is 4. The van der Waals surface area contributed by atoms with E-state index in [-0.39, 0.29) is 32.8 Å². The third-order valence-electron chi connectivity index (χ3n) is 4.88. The molecule has 1 rings (SSSR count). The molecule has 1 unspecified atom stereocenters. The summed E-state index contributed by atoms with van der Waals surface area (Å²) >= 11 is 0. The van der Waals surface area contributed by atoms with Crippen molar-refractivity contribution in [2.24, 2.45) is 0 Å². The Hall–Kier alpha value is -3.59. The molecule has 0 bridgehead atoms. The van der Waals surface area contributed by atoms with Gasteiger partial charge in [-0.3, -0.25) is 38.7 Å². The first-order valence-electron chi connectivity index (χ1n) is 11.4. The normalized spacial score (nSPS) is 12.0. The van der Waals surface area contributed by atoms with Crippen molar-refractivity contribution in [2.75, 3.05) is 65.5 Å². The van der Waals surface area contributed by atoms with E-state index in [2.05, 4.69) is 0 Å². The predicted molar refractivity (Wildman–Crippen MR) is 127 cm³/mol. The highest BCUT2D eigenvalue weighted by atomic mass is 16.7. The summed E-state index contributed by atoms with van der Waals surface area (Å²) < 4.78 is 10.9. The summed E-state index contributed by atoms with van der Waals surface area (Å²) in [4.78, 5) is 61.0. The molecule has 14 nitrogen and oxygen atoms in total. The van der Waals surface area contributed by atoms with Gasteiger partial charge in [0.25, 0.3) is 0 Å². The van der Waals surface area contributed by atoms with Crippen LogP contribution in [0.5, 0.6) is 0 Å². The zero-order valence-electron chi connectivity index (χ0n) is 20.5. The van der Waals surface area contributed by atoms with Crippen LogP contribution < -0.4 is 0 Å². The highest BCUT2D eigenvalue weighted by Gasteiger charge is 2.22. The van der Waals surface area contributed by atoms with E-state index in [0.29, 0.717) is 5.56 Å². The van der Waals surface area contributed by atoms with Crippen molar-refractivity contribution in [2.45, 2.75) is 13.2 Å². The molecule has 0 aromatic heterocycles. The number of carbonyl (C=O) groups is 5. The van der Waals surface area contributed by atoms with Gasteiger partial charge in [-0.2, -0.15) is 0 Å². The molecular weight excluding hydrogens is 494 g/mol. The fraction of sp³-hybridized carbons (Fsp3) is 0.522. The quantitative estimate of drug-likeness (QED) is 0.125. The second-order valence-electron chi connectivity index (χ2n) is 7.96. The van der Waals surface area contributed by atoms with Crippen LogP contribution in [0, 0.1) is 0 Å². The number of aliphatic carboxylic acids is 4. The van der Waals surface area contributed by atoms with E-state index in [0.717, 1.165) is 4.90 Å². The topological polar surface area (TPSA) is 194 Å². The minimum atomic E-state index is -1.24. The molecule has 0 heterocycles. The van der Waals surface area contributed by atoms with E-state index in [1.54, 1.807) is 37.3 Å². The van der Waals surface area contributed by atoms with Crippen molar-refractivity contribution in [1.29, 1.82) is 0 Å². The van der Waals surface area contributed by atoms with Crippen molar-refractivity contribution in [3.63, 3.8) is 0 Å². The lowest BCUT2D eigenvalue weighted by Crippen LogP contribution is -2.45. The van der Waals surface area contributed by atoms with Crippen molar-refractivity contribution < 1.29 is 53.9 Å². The number of nitrogens with zero attached hydrogens (tertiary/aromatic N) is 3. The molecular formula is C23H33N3O11. The highest BCUT2D eigenvalue weighted by molar-refractivity contribution is 5.74. The van der Waals surface area contributed by atoms with Crippen LogP contribution in [0.2, 0.25) is 0 Å². The van der Waals surface area contributed by atoms with E-state index in [9.17, 15) is 34.2 Å². The molecule has 1 aromatic rings. The molecule has 0 spiro atoms. The second kappa shape index (κ2) is 17.0. The van der Waals surface area contributed by atoms with Gasteiger partial charge in [0.15, 0.2) is 0 Å². The zero-order valence-corrected chi connectivity index (χ0v) is 20.5. The zero-order chi connectivity index (χ0) is 27.8. The average Bonchev–Trinajstić information content (AvgIpc) is 2.79. The van der Waals surface area contributed by atoms with Crippen molar-refractivity contribution in [1.82, 2.24) is 14.7 Å². The Bertz CT molecular complexity index is 881. The van der Waals surface area contributed by atoms with Gasteiger partial charge in [0.05, 0.1) is 32.7 Å². The Morgan fingerprint density at radius 1 is 0.676 bits per heavy atom. The summed E-state index contributed by atoms with van der Waals surface area (Å²) in [6.45, 7) is -0.579. The lowest BCUT2D eigenvalue weighted by Gasteiger charge is -2.27. The predicted octanol–water partition coefficient (Wildman–Crippen LogP) is -0.491. The number of benzene rings is 1. The molecule has 1 atom stereocenters. The molecule has 0 aliphatic carbocycles. The van der Waals surface area contributed by atoms with E-state index < -0.39 is 68.9 Å². The van der Waals surface area contributed by atoms with Crippen LogP contribution in [-0.4, -0.2) is 130 Å². The van der Waals surface area contributed by atoms with Crippen LogP contribution in [0.3, 0.4) is 0 Å². The minimum Gasteiger partial charge on any atom is -0.480 e. The van der Waals surface area contributed by atoms with Gasteiger partial charge >= 0.3 is 29.8 Å². The molecule has 0 saturated heterocycles. The Balaban J connectivity index is 2.81. The summed E-state index contributed by atoms with van der Waals surface area (Å²) in [5.41, 5.74) is 0.599. The molecule has 0 amide bonds. The first-order chi connectivity index (χ1) is 17.5. The minimum absolute atomic E-state index is 0.00135. The molecule has 37 heavy (non-hydrogen) atoms. The Morgan fingerprint density at radius 2 is 1.08 bits per heavy atom. The fourth-order valence-corrected chi connectivity index (χ4v) is 3.33. The van der Waals surface area contributed by atoms with Crippen LogP contribution in [0.25, 0.3) is 0 Å². The van der Waals surface area contributed by atoms with Crippen LogP contribution in [0.4, 0.5) is 0 Å². The number of carbonyl (C=O) groups excluding carboxylic acids is 1. The molecule has 206 valence electrons. The van der Waals surface area contributed by atoms with E-state index in [1.807, 2.05) is 0 Å². The highest BCUT2D eigenvalue weighted by Crippen LogP contribution is 2.18. The van der Waals surface area contributed by atoms with Crippen LogP contribution in [-0.2, 0) is 33.4 Å². The fourth-order valence-electron chi connectivity index (χ4n) is 3.33. The number of carboxylic acids is 4. The summed E-state index contributed by atoms with van der Waals surface area (Å²) in [5, 5.41) is 36.4. The summed E-state index contributed by atoms with van der Waals surface area (Å²) in [6.07, 6.45) is -0.983. The van der Waals surface area contributed by atoms with Crippen molar-refractivity contribution in [3.8, 4) is 0 Å². The lowest BCUT2D eigenvalue weighted by atomic mass is 10.2. The van der Waals surface area contributed by atoms with Crippen molar-refractivity contribution in [3.05, 3.63) is 35.9 Å². The standard InChI is InChI=1S/C23H33N3O11/c1-2-36-23(17-6-4-3-5-7-17)37-22(35)16-26(15-21(33)34)11-9-24(12-18(27)28)8-10-25(13-19(29)30)14-20(31)32/h3-7,23H,2,8-16H2,1H3,(H,27,28)(H,29,30)(H,31,32)(H,33,34). The number of hydrogen-bond donors (Lipinski definition) is 4. The lowest BCUT2D eigenvalue weighted by molar-refractivity contribution is -0.181. The Kier molecular flexibility index (Phi) is 14.4. The molecule has 1 aromatic carbocycles. The molecule has 0 aliphatic heterocycles. The SMILES string of the molecule is CCOC(OC(=O)CN(CCN(CCN(CC(=O)O)CC(=O)O)CC(=O)O)CC(=O)O)c1ccccc1. The van der Waals surface area contributed by atoms with Gasteiger partial charge in [0, 0.05) is 38.3 Å². The van der Waals surface area contributed by atoms with Gasteiger partial charge < -0.3 is 29.9 Å². The first-order valence-corrected chi connectivity index (χ1v) is 11.4. The van der Waals surface area contributed by atoms with Crippen molar-refractivity contribution >= 4 is 29.8 Å². The molecule has 0 aliphatic rings. The number of rotatable bonds is 20. The average molecular weight is 528 g/mol. The van der Waals surface area contributed by atoms with Gasteiger partial charge in [0.2, 0.25) is 6.29 Å². The molecule has 0 radical (unpaired) electrons. The van der Waals surface area contributed by atoms with Crippen LogP contribution >= 0.6 is 0 Å². The summed E-state index contributed by atoms with van der Waals surface area (Å²) in [5.74, 6) is -5.62. The van der Waals surface area contributed by atoms with E-state index in [4.69, 9.17) is 19.7 Å². The largest absolute Gasteiger partial charge is 0.480 e. The Labute approximate surface area is 213 Å². The first kappa shape index (κ1) is 31.4. The monoisotopic (exact) mass is 527 g/mol. The maximum absolute atomic E-state index is 12.6. The third kappa shape index (κ3) is 14.5. The Morgan fingerprint density at radius 3 is 1.51 bits per heavy atom. The number of esters is 1. The van der Waals surface area contributed by atoms with Crippen LogP contribution in [0.15, 0.2) is 30.3 Å². The number of hydrogen-bond acceptors (Lipinski definition) is 10. The summed E-state index contributed by atoms with van der Waals surface area (Å²) in [6, 6.07) is 8.71. The molecule has 4 N–H and O–H groups in total. The van der Waals surface area contributed by atoms with Crippen LogP contribution in [0.1, 0.15) is 18.8 Å². The number of ether oxygens (including phenoxy) is 2. The van der Waals surface area contributed by atoms with E-state index >= 15 is 0 Å². The maximum Gasteiger partial charge on any atom is 0.322 e. The van der Waals surface area contributed by atoms with Gasteiger partial charge in [0.1, 0.15) is 0 Å².